The third-order valence-corrected chi connectivity index (χ3v) is 6.48. The summed E-state index contributed by atoms with van der Waals surface area (Å²) < 4.78 is 7.23. The number of aromatic amines is 1. The van der Waals surface area contributed by atoms with Gasteiger partial charge in [0.05, 0.1) is 12.8 Å². The molecule has 0 unspecified atom stereocenters. The van der Waals surface area contributed by atoms with Crippen LogP contribution in [0.1, 0.15) is 28.9 Å². The third-order valence-electron chi connectivity index (χ3n) is 6.48. The monoisotopic (exact) mass is 435 g/mol. The minimum Gasteiger partial charge on any atom is -0.497 e. The minimum atomic E-state index is -0.0000977. The summed E-state index contributed by atoms with van der Waals surface area (Å²) in [5.41, 5.74) is 3.66. The van der Waals surface area contributed by atoms with Gasteiger partial charge in [-0.3, -0.25) is 9.89 Å². The average molecular weight is 436 g/mol. The Hall–Kier alpha value is -3.06. The van der Waals surface area contributed by atoms with E-state index >= 15 is 0 Å². The van der Waals surface area contributed by atoms with Gasteiger partial charge in [-0.05, 0) is 74.2 Å². The van der Waals surface area contributed by atoms with Crippen molar-refractivity contribution < 1.29 is 9.53 Å². The minimum absolute atomic E-state index is 0.0000977. The first-order valence-corrected chi connectivity index (χ1v) is 11.3. The van der Waals surface area contributed by atoms with Gasteiger partial charge >= 0.3 is 0 Å². The summed E-state index contributed by atoms with van der Waals surface area (Å²) in [6.45, 7) is 4.03. The number of amides is 1. The maximum Gasteiger partial charge on any atom is 0.271 e. The van der Waals surface area contributed by atoms with Crippen LogP contribution < -0.4 is 4.74 Å². The molecule has 3 heterocycles. The van der Waals surface area contributed by atoms with Crippen molar-refractivity contribution in [2.75, 3.05) is 40.3 Å². The van der Waals surface area contributed by atoms with Crippen molar-refractivity contribution >= 4 is 5.91 Å². The predicted octanol–water partition coefficient (Wildman–Crippen LogP) is 3.45. The van der Waals surface area contributed by atoms with Crippen LogP contribution in [-0.4, -0.2) is 70.8 Å². The van der Waals surface area contributed by atoms with Gasteiger partial charge in [0.25, 0.3) is 5.91 Å². The fraction of sp³-hybridized carbons (Fsp3) is 0.440. The summed E-state index contributed by atoms with van der Waals surface area (Å²) in [6, 6.07) is 14.1. The number of likely N-dealkylation sites (tertiary alicyclic amines) is 1. The number of carbonyl (C=O) groups excluding carboxylic acids is 1. The van der Waals surface area contributed by atoms with E-state index in [4.69, 9.17) is 4.74 Å². The Morgan fingerprint density at radius 3 is 2.62 bits per heavy atom. The van der Waals surface area contributed by atoms with Crippen LogP contribution in [-0.2, 0) is 13.5 Å². The Morgan fingerprint density at radius 1 is 1.22 bits per heavy atom. The summed E-state index contributed by atoms with van der Waals surface area (Å²) in [5, 5.41) is 7.24. The molecule has 0 atom stereocenters. The van der Waals surface area contributed by atoms with Crippen LogP contribution in [0.5, 0.6) is 5.75 Å². The average Bonchev–Trinajstić information content (AvgIpc) is 3.47. The number of hydrogen-bond acceptors (Lipinski definition) is 4. The second-order valence-electron chi connectivity index (χ2n) is 8.74. The van der Waals surface area contributed by atoms with Crippen molar-refractivity contribution in [3.05, 3.63) is 59.9 Å². The first-order chi connectivity index (χ1) is 15.5. The van der Waals surface area contributed by atoms with Gasteiger partial charge < -0.3 is 19.1 Å². The van der Waals surface area contributed by atoms with Gasteiger partial charge in [-0.15, -0.1) is 0 Å². The number of carbonyl (C=O) groups is 1. The molecule has 1 aliphatic heterocycles. The van der Waals surface area contributed by atoms with Crippen LogP contribution in [0.4, 0.5) is 0 Å². The molecule has 1 N–H and O–H groups in total. The van der Waals surface area contributed by atoms with E-state index in [-0.39, 0.29) is 5.91 Å². The van der Waals surface area contributed by atoms with E-state index < -0.39 is 0 Å². The number of hydrogen-bond donors (Lipinski definition) is 1. The van der Waals surface area contributed by atoms with Crippen molar-refractivity contribution in [3.8, 4) is 17.1 Å². The van der Waals surface area contributed by atoms with Crippen LogP contribution in [0, 0.1) is 5.92 Å². The molecule has 1 amide bonds. The fourth-order valence-corrected chi connectivity index (χ4v) is 4.44. The van der Waals surface area contributed by atoms with Crippen molar-refractivity contribution in [2.24, 2.45) is 13.0 Å². The van der Waals surface area contributed by atoms with E-state index in [0.717, 1.165) is 62.6 Å². The number of H-pyrrole nitrogens is 1. The summed E-state index contributed by atoms with van der Waals surface area (Å²) in [5.74, 6) is 1.44. The zero-order valence-corrected chi connectivity index (χ0v) is 19.3. The zero-order valence-electron chi connectivity index (χ0n) is 19.3. The molecule has 170 valence electrons. The molecule has 2 aromatic heterocycles. The van der Waals surface area contributed by atoms with Crippen LogP contribution in [0.25, 0.3) is 11.4 Å². The van der Waals surface area contributed by atoms with Gasteiger partial charge in [0, 0.05) is 33.4 Å². The molecule has 3 aromatic rings. The van der Waals surface area contributed by atoms with Crippen LogP contribution in [0.15, 0.2) is 48.7 Å². The Balaban J connectivity index is 1.22. The lowest BCUT2D eigenvalue weighted by Crippen LogP contribution is -2.40. The van der Waals surface area contributed by atoms with Crippen LogP contribution in [0.3, 0.4) is 0 Å². The lowest BCUT2D eigenvalue weighted by atomic mass is 9.96. The van der Waals surface area contributed by atoms with Gasteiger partial charge in [-0.1, -0.05) is 12.1 Å². The topological polar surface area (TPSA) is 66.4 Å². The normalized spacial score (nSPS) is 15.1. The van der Waals surface area contributed by atoms with Crippen LogP contribution >= 0.6 is 0 Å². The van der Waals surface area contributed by atoms with Gasteiger partial charge in [0.1, 0.15) is 17.1 Å². The van der Waals surface area contributed by atoms with Crippen molar-refractivity contribution in [2.45, 2.75) is 19.3 Å². The van der Waals surface area contributed by atoms with Gasteiger partial charge in [0.2, 0.25) is 0 Å². The molecule has 1 aromatic carbocycles. The summed E-state index contributed by atoms with van der Waals surface area (Å²) in [6.07, 6.45) is 5.27. The molecule has 1 fully saturated rings. The molecule has 0 aliphatic carbocycles. The largest absolute Gasteiger partial charge is 0.497 e. The number of benzene rings is 1. The molecule has 4 rings (SSSR count). The van der Waals surface area contributed by atoms with E-state index in [1.807, 2.05) is 60.1 Å². The Morgan fingerprint density at radius 2 is 1.97 bits per heavy atom. The highest BCUT2D eigenvalue weighted by Crippen LogP contribution is 2.21. The highest BCUT2D eigenvalue weighted by atomic mass is 16.5. The van der Waals surface area contributed by atoms with Gasteiger partial charge in [-0.25, -0.2) is 0 Å². The van der Waals surface area contributed by atoms with E-state index in [1.165, 1.54) is 5.56 Å². The lowest BCUT2D eigenvalue weighted by molar-refractivity contribution is 0.0734. The highest BCUT2D eigenvalue weighted by Gasteiger charge is 2.23. The summed E-state index contributed by atoms with van der Waals surface area (Å²) in [7, 11) is 5.56. The number of piperidine rings is 1. The fourth-order valence-electron chi connectivity index (χ4n) is 4.44. The Bertz CT molecular complexity index is 1020. The SMILES string of the molecule is COc1ccc(CCN2CCC(CN(C)C(=O)c3cc(-c4cccn4C)n[nH]3)CC2)cc1. The predicted molar refractivity (Wildman–Crippen MR) is 126 cm³/mol. The smallest absolute Gasteiger partial charge is 0.271 e. The van der Waals surface area contributed by atoms with E-state index in [1.54, 1.807) is 7.11 Å². The van der Waals surface area contributed by atoms with Crippen molar-refractivity contribution in [1.82, 2.24) is 24.6 Å². The molecule has 0 bridgehead atoms. The number of aryl methyl sites for hydroxylation is 1. The quantitative estimate of drug-likeness (QED) is 0.589. The number of nitrogens with one attached hydrogen (secondary N) is 1. The van der Waals surface area contributed by atoms with E-state index in [0.29, 0.717) is 11.6 Å². The molecular weight excluding hydrogens is 402 g/mol. The summed E-state index contributed by atoms with van der Waals surface area (Å²) >= 11 is 0. The second kappa shape index (κ2) is 10.0. The number of methoxy groups -OCH3 is 1. The number of ether oxygens (including phenoxy) is 1. The third kappa shape index (κ3) is 5.22. The number of rotatable bonds is 8. The molecule has 1 saturated heterocycles. The zero-order chi connectivity index (χ0) is 22.5. The maximum absolute atomic E-state index is 12.9. The molecule has 32 heavy (non-hydrogen) atoms. The van der Waals surface area contributed by atoms with Crippen molar-refractivity contribution in [1.29, 1.82) is 0 Å². The maximum atomic E-state index is 12.9. The summed E-state index contributed by atoms with van der Waals surface area (Å²) in [4.78, 5) is 17.2. The number of aromatic nitrogens is 3. The molecule has 0 spiro atoms. The second-order valence-corrected chi connectivity index (χ2v) is 8.74. The lowest BCUT2D eigenvalue weighted by Gasteiger charge is -2.33. The first kappa shape index (κ1) is 22.1. The molecule has 0 saturated carbocycles. The van der Waals surface area contributed by atoms with Gasteiger partial charge in [-0.2, -0.15) is 5.10 Å². The molecule has 0 radical (unpaired) electrons. The Kier molecular flexibility index (Phi) is 6.95. The van der Waals surface area contributed by atoms with E-state index in [2.05, 4.69) is 27.2 Å². The first-order valence-electron chi connectivity index (χ1n) is 11.3. The number of nitrogens with zero attached hydrogens (tertiary/aromatic N) is 4. The molecule has 1 aliphatic rings. The van der Waals surface area contributed by atoms with E-state index in [9.17, 15) is 4.79 Å². The highest BCUT2D eigenvalue weighted by molar-refractivity contribution is 5.93. The molecule has 7 heteroatoms. The standard InChI is InChI=1S/C25H33N5O2/c1-28-13-4-5-24(28)22-17-23(27-26-22)25(31)29(2)18-20-11-15-30(16-12-20)14-10-19-6-8-21(32-3)9-7-19/h4-9,13,17,20H,10-12,14-16,18H2,1-3H3,(H,26,27). The van der Waals surface area contributed by atoms with Crippen LogP contribution in [0.2, 0.25) is 0 Å². The van der Waals surface area contributed by atoms with Gasteiger partial charge in [0.15, 0.2) is 0 Å². The molecule has 7 nitrogen and oxygen atoms in total. The molecular formula is C25H33N5O2. The van der Waals surface area contributed by atoms with Crippen molar-refractivity contribution in [3.63, 3.8) is 0 Å². The Labute approximate surface area is 190 Å².